The highest BCUT2D eigenvalue weighted by Crippen LogP contribution is 2.35. The summed E-state index contributed by atoms with van der Waals surface area (Å²) >= 11 is 1.42. The van der Waals surface area contributed by atoms with Crippen molar-refractivity contribution in [3.05, 3.63) is 99.6 Å². The molecule has 0 aliphatic carbocycles. The summed E-state index contributed by atoms with van der Waals surface area (Å²) in [5.74, 6) is -0.159. The van der Waals surface area contributed by atoms with Gasteiger partial charge in [-0.2, -0.15) is 0 Å². The number of nitrogens with zero attached hydrogens (tertiary/aromatic N) is 3. The van der Waals surface area contributed by atoms with Gasteiger partial charge >= 0.3 is 0 Å². The number of fused-ring (bicyclic) bond motifs is 1. The van der Waals surface area contributed by atoms with Gasteiger partial charge in [-0.1, -0.05) is 79.8 Å². The average molecular weight is 432 g/mol. The molecular weight excluding hydrogens is 410 g/mol. The molecule has 0 radical (unpaired) electrons. The van der Waals surface area contributed by atoms with Gasteiger partial charge in [-0.05, 0) is 29.2 Å². The van der Waals surface area contributed by atoms with Crippen LogP contribution in [-0.2, 0) is 6.54 Å². The molecule has 0 bridgehead atoms. The Morgan fingerprint density at radius 3 is 2.45 bits per heavy atom. The Kier molecular flexibility index (Phi) is 5.77. The van der Waals surface area contributed by atoms with Gasteiger partial charge in [-0.3, -0.25) is 19.8 Å². The Bertz CT molecular complexity index is 1250. The Morgan fingerprint density at radius 1 is 1.03 bits per heavy atom. The van der Waals surface area contributed by atoms with Crippen molar-refractivity contribution in [2.24, 2.45) is 0 Å². The maximum absolute atomic E-state index is 13.6. The zero-order valence-corrected chi connectivity index (χ0v) is 18.0. The van der Waals surface area contributed by atoms with Crippen molar-refractivity contribution in [2.75, 3.05) is 4.90 Å². The summed E-state index contributed by atoms with van der Waals surface area (Å²) in [4.78, 5) is 30.9. The lowest BCUT2D eigenvalue weighted by atomic mass is 10.0. The second-order valence-electron chi connectivity index (χ2n) is 7.50. The largest absolute Gasteiger partial charge is 0.282 e. The highest BCUT2D eigenvalue weighted by Gasteiger charge is 2.28. The highest BCUT2D eigenvalue weighted by molar-refractivity contribution is 7.22. The van der Waals surface area contributed by atoms with E-state index in [9.17, 15) is 14.9 Å². The van der Waals surface area contributed by atoms with Crippen LogP contribution in [0.25, 0.3) is 10.2 Å². The van der Waals surface area contributed by atoms with Gasteiger partial charge in [0.05, 0.1) is 21.7 Å². The number of anilines is 1. The normalized spacial score (nSPS) is 11.1. The van der Waals surface area contributed by atoms with Crippen molar-refractivity contribution < 1.29 is 9.72 Å². The Labute approximate surface area is 183 Å². The van der Waals surface area contributed by atoms with Crippen molar-refractivity contribution >= 4 is 38.3 Å². The second kappa shape index (κ2) is 8.65. The van der Waals surface area contributed by atoms with Crippen molar-refractivity contribution in [2.45, 2.75) is 26.3 Å². The number of hydrogen-bond donors (Lipinski definition) is 0. The number of benzene rings is 3. The van der Waals surface area contributed by atoms with Crippen LogP contribution in [0.3, 0.4) is 0 Å². The molecule has 0 atom stereocenters. The van der Waals surface area contributed by atoms with Crippen LogP contribution in [0, 0.1) is 10.1 Å². The minimum absolute atomic E-state index is 0.0479. The van der Waals surface area contributed by atoms with Crippen LogP contribution in [-0.4, -0.2) is 15.8 Å². The van der Waals surface area contributed by atoms with Crippen molar-refractivity contribution in [1.29, 1.82) is 0 Å². The minimum Gasteiger partial charge on any atom is -0.279 e. The quantitative estimate of drug-likeness (QED) is 0.270. The van der Waals surface area contributed by atoms with E-state index >= 15 is 0 Å². The van der Waals surface area contributed by atoms with E-state index in [1.165, 1.54) is 28.4 Å². The van der Waals surface area contributed by atoms with E-state index in [1.54, 1.807) is 12.1 Å². The Morgan fingerprint density at radius 2 is 1.74 bits per heavy atom. The molecule has 156 valence electrons. The molecule has 1 heterocycles. The van der Waals surface area contributed by atoms with Crippen LogP contribution < -0.4 is 4.90 Å². The number of aromatic nitrogens is 1. The summed E-state index contributed by atoms with van der Waals surface area (Å²) in [6.07, 6.45) is 0. The number of rotatable bonds is 6. The number of carbonyl (C=O) groups excluding carboxylic acids is 1. The van der Waals surface area contributed by atoms with Gasteiger partial charge < -0.3 is 0 Å². The smallest absolute Gasteiger partial charge is 0.279 e. The van der Waals surface area contributed by atoms with Gasteiger partial charge in [0.2, 0.25) is 0 Å². The molecule has 1 aromatic heterocycles. The SMILES string of the molecule is CC(C)c1cccc2sc(N(Cc3ccccc3)C(=O)c3ccccc3[N+](=O)[O-])nc12. The van der Waals surface area contributed by atoms with Gasteiger partial charge in [0, 0.05) is 6.07 Å². The van der Waals surface area contributed by atoms with Crippen LogP contribution in [0.15, 0.2) is 72.8 Å². The molecule has 0 saturated carbocycles. The number of amides is 1. The molecule has 3 aromatic carbocycles. The molecule has 0 saturated heterocycles. The molecule has 0 unspecified atom stereocenters. The summed E-state index contributed by atoms with van der Waals surface area (Å²) in [7, 11) is 0. The Hall–Kier alpha value is -3.58. The Balaban J connectivity index is 1.84. The average Bonchev–Trinajstić information content (AvgIpc) is 3.21. The van der Waals surface area contributed by atoms with E-state index in [1.807, 2.05) is 48.5 Å². The molecule has 0 aliphatic heterocycles. The highest BCUT2D eigenvalue weighted by atomic mass is 32.1. The van der Waals surface area contributed by atoms with Crippen LogP contribution in [0.1, 0.15) is 41.3 Å². The number of nitro groups is 1. The molecule has 0 fully saturated rings. The summed E-state index contributed by atoms with van der Waals surface area (Å²) in [6.45, 7) is 4.48. The van der Waals surface area contributed by atoms with Crippen LogP contribution >= 0.6 is 11.3 Å². The topological polar surface area (TPSA) is 76.3 Å². The summed E-state index contributed by atoms with van der Waals surface area (Å²) < 4.78 is 0.981. The van der Waals surface area contributed by atoms with E-state index < -0.39 is 10.8 Å². The van der Waals surface area contributed by atoms with E-state index in [2.05, 4.69) is 13.8 Å². The molecule has 0 spiro atoms. The molecular formula is C24H21N3O3S. The molecule has 7 heteroatoms. The van der Waals surface area contributed by atoms with E-state index in [-0.39, 0.29) is 23.7 Å². The zero-order chi connectivity index (χ0) is 22.0. The van der Waals surface area contributed by atoms with E-state index in [0.717, 1.165) is 21.3 Å². The summed E-state index contributed by atoms with van der Waals surface area (Å²) in [5, 5.41) is 12.0. The van der Waals surface area contributed by atoms with Crippen molar-refractivity contribution in [3.8, 4) is 0 Å². The van der Waals surface area contributed by atoms with Crippen LogP contribution in [0.2, 0.25) is 0 Å². The summed E-state index contributed by atoms with van der Waals surface area (Å²) in [5.41, 5.74) is 2.72. The second-order valence-corrected chi connectivity index (χ2v) is 8.51. The maximum atomic E-state index is 13.6. The third kappa shape index (κ3) is 4.18. The van der Waals surface area contributed by atoms with E-state index in [0.29, 0.717) is 5.13 Å². The first kappa shape index (κ1) is 20.7. The van der Waals surface area contributed by atoms with E-state index in [4.69, 9.17) is 4.98 Å². The van der Waals surface area contributed by atoms with Gasteiger partial charge in [-0.25, -0.2) is 4.98 Å². The molecule has 31 heavy (non-hydrogen) atoms. The lowest BCUT2D eigenvalue weighted by Crippen LogP contribution is -2.30. The number of nitro benzene ring substituents is 1. The number of hydrogen-bond acceptors (Lipinski definition) is 5. The lowest BCUT2D eigenvalue weighted by molar-refractivity contribution is -0.385. The van der Waals surface area contributed by atoms with Crippen molar-refractivity contribution in [3.63, 3.8) is 0 Å². The molecule has 0 N–H and O–H groups in total. The lowest BCUT2D eigenvalue weighted by Gasteiger charge is -2.20. The maximum Gasteiger partial charge on any atom is 0.282 e. The van der Waals surface area contributed by atoms with Gasteiger partial charge in [0.1, 0.15) is 5.56 Å². The monoisotopic (exact) mass is 431 g/mol. The minimum atomic E-state index is -0.525. The number of para-hydroxylation sites is 2. The predicted molar refractivity (Wildman–Crippen MR) is 124 cm³/mol. The first-order chi connectivity index (χ1) is 15.0. The molecule has 4 rings (SSSR count). The standard InChI is InChI=1S/C24H21N3O3S/c1-16(2)18-12-8-14-21-22(18)25-24(31-21)26(15-17-9-4-3-5-10-17)23(28)19-11-6-7-13-20(19)27(29)30/h3-14,16H,15H2,1-2H3. The summed E-state index contributed by atoms with van der Waals surface area (Å²) in [6, 6.07) is 21.6. The number of thiazole rings is 1. The van der Waals surface area contributed by atoms with Gasteiger partial charge in [0.15, 0.2) is 5.13 Å². The molecule has 6 nitrogen and oxygen atoms in total. The van der Waals surface area contributed by atoms with Gasteiger partial charge in [0.25, 0.3) is 11.6 Å². The third-order valence-corrected chi connectivity index (χ3v) is 6.10. The van der Waals surface area contributed by atoms with Crippen LogP contribution in [0.4, 0.5) is 10.8 Å². The third-order valence-electron chi connectivity index (χ3n) is 5.05. The predicted octanol–water partition coefficient (Wildman–Crippen LogP) is 6.17. The van der Waals surface area contributed by atoms with Crippen molar-refractivity contribution in [1.82, 2.24) is 4.98 Å². The zero-order valence-electron chi connectivity index (χ0n) is 17.2. The molecule has 0 aliphatic rings. The van der Waals surface area contributed by atoms with Crippen LogP contribution in [0.5, 0.6) is 0 Å². The molecule has 4 aromatic rings. The first-order valence-corrected chi connectivity index (χ1v) is 10.8. The fourth-order valence-electron chi connectivity index (χ4n) is 3.49. The van der Waals surface area contributed by atoms with Gasteiger partial charge in [-0.15, -0.1) is 0 Å². The fraction of sp³-hybridized carbons (Fsp3) is 0.167. The molecule has 1 amide bonds. The number of carbonyl (C=O) groups is 1. The first-order valence-electron chi connectivity index (χ1n) is 9.94. The fourth-order valence-corrected chi connectivity index (χ4v) is 4.49.